The summed E-state index contributed by atoms with van der Waals surface area (Å²) >= 11 is 0. The zero-order valence-corrected chi connectivity index (χ0v) is 42.8. The van der Waals surface area contributed by atoms with Gasteiger partial charge >= 0.3 is 18.0 Å². The van der Waals surface area contributed by atoms with Crippen LogP contribution in [0, 0.1) is 191 Å². The minimum absolute atomic E-state index is 0.00519. The lowest BCUT2D eigenvalue weighted by Gasteiger charge is -2.10. The van der Waals surface area contributed by atoms with E-state index in [-0.39, 0.29) is 46.5 Å². The molecule has 0 aliphatic heterocycles. The van der Waals surface area contributed by atoms with Gasteiger partial charge in [-0.1, -0.05) is 0 Å². The zero-order chi connectivity index (χ0) is 65.5. The van der Waals surface area contributed by atoms with Crippen LogP contribution in [0.2, 0.25) is 0 Å². The summed E-state index contributed by atoms with van der Waals surface area (Å²) in [4.78, 5) is 18.1. The van der Waals surface area contributed by atoms with Crippen LogP contribution in [0.5, 0.6) is 0 Å². The molecule has 0 unspecified atom stereocenters. The maximum atomic E-state index is 12.9. The first-order chi connectivity index (χ1) is 38.3. The van der Waals surface area contributed by atoms with Crippen molar-refractivity contribution in [1.82, 2.24) is 0 Å². The number of benzene rings is 7. The molecular weight excluding hydrogens is 1210 g/mol. The molecule has 0 saturated carbocycles. The van der Waals surface area contributed by atoms with E-state index in [0.717, 1.165) is 39.8 Å². The third-order valence-corrected chi connectivity index (χ3v) is 10.3. The second-order valence-electron chi connectivity index (χ2n) is 16.2. The van der Waals surface area contributed by atoms with Crippen LogP contribution >= 0.6 is 0 Å². The smallest absolute Gasteiger partial charge is 0.258 e. The number of nitriles is 1. The van der Waals surface area contributed by atoms with Crippen LogP contribution in [-0.2, 0) is 12.4 Å². The average molecular weight is 1240 g/mol. The number of nitrogens with zero attached hydrogens (tertiary/aromatic N) is 3. The van der Waals surface area contributed by atoms with Gasteiger partial charge in [0.25, 0.3) is 5.69 Å². The summed E-state index contributed by atoms with van der Waals surface area (Å²) in [5, 5.41) is 28.5. The van der Waals surface area contributed by atoms with Gasteiger partial charge in [0.05, 0.1) is 39.2 Å². The first-order valence-corrected chi connectivity index (χ1v) is 21.7. The van der Waals surface area contributed by atoms with Gasteiger partial charge in [0.1, 0.15) is 87.0 Å². The number of nitro groups is 2. The predicted molar refractivity (Wildman–Crippen MR) is 245 cm³/mol. The second-order valence-corrected chi connectivity index (χ2v) is 16.2. The molecule has 0 aliphatic carbocycles. The normalized spacial score (nSPS) is 10.6. The number of hydrogen-bond acceptors (Lipinski definition) is 5. The van der Waals surface area contributed by atoms with Crippen molar-refractivity contribution in [3.05, 3.63) is 253 Å². The molecule has 0 bridgehead atoms. The van der Waals surface area contributed by atoms with Crippen molar-refractivity contribution in [2.75, 3.05) is 0 Å². The molecule has 0 spiro atoms. The van der Waals surface area contributed by atoms with Gasteiger partial charge in [-0.15, -0.1) is 0 Å². The van der Waals surface area contributed by atoms with Crippen molar-refractivity contribution < 1.29 is 120 Å². The Balaban J connectivity index is 0.000000491. The number of nitro benzene ring substituents is 2. The van der Waals surface area contributed by atoms with E-state index in [4.69, 9.17) is 5.26 Å². The predicted octanol–water partition coefficient (Wildman–Crippen LogP) is 18.3. The quantitative estimate of drug-likeness (QED) is 0.0563. The van der Waals surface area contributed by atoms with Gasteiger partial charge in [0.15, 0.2) is 17.5 Å². The molecule has 7 aromatic rings. The van der Waals surface area contributed by atoms with Crippen molar-refractivity contribution in [2.24, 2.45) is 0 Å². The minimum atomic E-state index is -5.16. The molecule has 7 nitrogen and oxygen atoms in total. The van der Waals surface area contributed by atoms with E-state index >= 15 is 0 Å². The molecule has 32 heteroatoms. The molecule has 0 radical (unpaired) electrons. The highest BCUT2D eigenvalue weighted by atomic mass is 19.4. The molecule has 0 heterocycles. The molecule has 0 N–H and O–H groups in total. The standard InChI is InChI=1S/C8H4F6.C8H5F5.C8H5F2N.C7H4F4.C7H4F3NO2.C7H5F3.C7H5F2NO2/c1-3-4(9)2-5(10)6(7(3)11)8(12,13)14;1-4-6(9)2-5(3-7(4)10)8(11,12)13;1-5-7(9)2-6(4-11)3-8(5)10;1-3-4(8)2-5(9)7(11)6(3)10;1-3-4(8)2-5(9)7(6(3)10)11(12)13;1-4-6(9)2-5(8)3-7(4)10;1-4-6(8)2-5(10(11)12)3-7(4)9/h2H,1H3;2-3H,1H3;2-3H,1H3;2H,1H3;2H,1H3;2-3H,1H3;2-3H,1H3. The Kier molecular flexibility index (Phi) is 26.5. The van der Waals surface area contributed by atoms with Crippen LogP contribution in [0.15, 0.2) is 66.7 Å². The fourth-order valence-corrected chi connectivity index (χ4v) is 5.32. The van der Waals surface area contributed by atoms with Crippen molar-refractivity contribution in [3.63, 3.8) is 0 Å². The highest BCUT2D eigenvalue weighted by Crippen LogP contribution is 2.36. The molecule has 0 aromatic heterocycles. The van der Waals surface area contributed by atoms with E-state index in [2.05, 4.69) is 0 Å². The van der Waals surface area contributed by atoms with Crippen molar-refractivity contribution in [3.8, 4) is 6.07 Å². The summed E-state index contributed by atoms with van der Waals surface area (Å²) in [7, 11) is 0. The van der Waals surface area contributed by atoms with Gasteiger partial charge < -0.3 is 0 Å². The SMILES string of the molecule is Cc1c(F)cc(C#N)cc1F.Cc1c(F)cc(C(F)(F)F)cc1F.Cc1c(F)cc(F)c(C(F)(F)F)c1F.Cc1c(F)cc(F)c(F)c1F.Cc1c(F)cc(F)c([N+](=O)[O-])c1F.Cc1c(F)cc(F)cc1F.Cc1c(F)cc([N+](=O)[O-])cc1F. The Morgan fingerprint density at radius 2 is 0.655 bits per heavy atom. The Bertz CT molecular complexity index is 3480. The first-order valence-electron chi connectivity index (χ1n) is 21.7. The minimum Gasteiger partial charge on any atom is -0.258 e. The molecule has 0 fully saturated rings. The third kappa shape index (κ3) is 20.2. The molecule has 454 valence electrons. The average Bonchev–Trinajstić information content (AvgIpc) is 3.48. The maximum absolute atomic E-state index is 12.9. The van der Waals surface area contributed by atoms with Crippen LogP contribution in [0.4, 0.5) is 121 Å². The van der Waals surface area contributed by atoms with Crippen molar-refractivity contribution in [1.29, 1.82) is 5.26 Å². The summed E-state index contributed by atoms with van der Waals surface area (Å²) in [6.45, 7) is 7.71. The zero-order valence-electron chi connectivity index (χ0n) is 42.8. The van der Waals surface area contributed by atoms with E-state index in [9.17, 15) is 130 Å². The van der Waals surface area contributed by atoms with Crippen molar-refractivity contribution >= 4 is 11.4 Å². The lowest BCUT2D eigenvalue weighted by molar-refractivity contribution is -0.390. The number of non-ortho nitro benzene ring substituents is 1. The molecule has 0 aliphatic rings. The van der Waals surface area contributed by atoms with Crippen LogP contribution in [0.3, 0.4) is 0 Å². The maximum Gasteiger partial charge on any atom is 0.422 e. The topological polar surface area (TPSA) is 110 Å². The Morgan fingerprint density at radius 1 is 0.345 bits per heavy atom. The van der Waals surface area contributed by atoms with Gasteiger partial charge in [-0.25, -0.2) is 74.6 Å². The van der Waals surface area contributed by atoms with Gasteiger partial charge in [0.2, 0.25) is 11.6 Å². The fraction of sp³-hybridized carbons (Fsp3) is 0.173. The molecule has 84 heavy (non-hydrogen) atoms. The lowest BCUT2D eigenvalue weighted by Crippen LogP contribution is -2.13. The summed E-state index contributed by atoms with van der Waals surface area (Å²) in [5.74, 6) is -23.1. The van der Waals surface area contributed by atoms with Crippen LogP contribution in [-0.4, -0.2) is 9.85 Å². The lowest BCUT2D eigenvalue weighted by atomic mass is 10.1. The Morgan fingerprint density at radius 3 is 1.00 bits per heavy atom. The van der Waals surface area contributed by atoms with E-state index in [0.29, 0.717) is 30.3 Å². The molecule has 7 rings (SSSR count). The highest BCUT2D eigenvalue weighted by molar-refractivity contribution is 5.39. The van der Waals surface area contributed by atoms with Crippen LogP contribution in [0.25, 0.3) is 0 Å². The highest BCUT2D eigenvalue weighted by Gasteiger charge is 2.39. The molecule has 0 saturated heterocycles. The Labute approximate surface area is 455 Å². The van der Waals surface area contributed by atoms with Gasteiger partial charge in [-0.05, 0) is 72.7 Å². The summed E-state index contributed by atoms with van der Waals surface area (Å²) in [5.41, 5.74) is -8.00. The monoisotopic (exact) mass is 1240 g/mol. The first kappa shape index (κ1) is 73.1. The van der Waals surface area contributed by atoms with E-state index in [1.165, 1.54) is 20.8 Å². The Hall–Kier alpha value is -8.92. The van der Waals surface area contributed by atoms with Gasteiger partial charge in [-0.2, -0.15) is 40.4 Å². The largest absolute Gasteiger partial charge is 0.422 e. The number of alkyl halides is 6. The molecule has 0 amide bonds. The van der Waals surface area contributed by atoms with Crippen LogP contribution in [0.1, 0.15) is 55.6 Å². The summed E-state index contributed by atoms with van der Waals surface area (Å²) < 4.78 is 310. The van der Waals surface area contributed by atoms with Crippen molar-refractivity contribution in [2.45, 2.75) is 60.8 Å². The number of rotatable bonds is 2. The summed E-state index contributed by atoms with van der Waals surface area (Å²) in [6.07, 6.45) is -9.87. The van der Waals surface area contributed by atoms with E-state index in [1.54, 1.807) is 6.07 Å². The number of hydrogen-bond donors (Lipinski definition) is 0. The number of halogens is 25. The molecular formula is C52H32F25N3O4. The van der Waals surface area contributed by atoms with E-state index < -0.39 is 177 Å². The fourth-order valence-electron chi connectivity index (χ4n) is 5.32. The third-order valence-electron chi connectivity index (χ3n) is 10.3. The van der Waals surface area contributed by atoms with Gasteiger partial charge in [0, 0.05) is 69.3 Å². The van der Waals surface area contributed by atoms with Gasteiger partial charge in [-0.3, -0.25) is 20.2 Å². The summed E-state index contributed by atoms with van der Waals surface area (Å²) in [6, 6.07) is 7.54. The van der Waals surface area contributed by atoms with E-state index in [1.807, 2.05) is 0 Å². The van der Waals surface area contributed by atoms with Crippen LogP contribution < -0.4 is 0 Å². The molecule has 0 atom stereocenters. The molecule has 7 aromatic carbocycles. The second kappa shape index (κ2) is 30.4.